The second kappa shape index (κ2) is 8.48. The van der Waals surface area contributed by atoms with Crippen LogP contribution in [0.1, 0.15) is 23.6 Å². The first kappa shape index (κ1) is 18.7. The van der Waals surface area contributed by atoms with Gasteiger partial charge in [0.15, 0.2) is 16.6 Å². The lowest BCUT2D eigenvalue weighted by atomic mass is 10.1. The van der Waals surface area contributed by atoms with Crippen molar-refractivity contribution in [1.82, 2.24) is 5.43 Å². The smallest absolute Gasteiger partial charge is 0.191 e. The van der Waals surface area contributed by atoms with Crippen LogP contribution in [0.3, 0.4) is 0 Å². The molecule has 0 aliphatic rings. The van der Waals surface area contributed by atoms with E-state index in [4.69, 9.17) is 21.7 Å². The number of benzene rings is 2. The van der Waals surface area contributed by atoms with Crippen molar-refractivity contribution >= 4 is 28.7 Å². The maximum Gasteiger partial charge on any atom is 0.191 e. The molecule has 0 radical (unpaired) electrons. The summed E-state index contributed by atoms with van der Waals surface area (Å²) < 4.78 is 10.6. The number of rotatable bonds is 5. The summed E-state index contributed by atoms with van der Waals surface area (Å²) in [6.45, 7) is 6.02. The first-order valence-electron chi connectivity index (χ1n) is 7.86. The van der Waals surface area contributed by atoms with Gasteiger partial charge in [0.2, 0.25) is 0 Å². The second-order valence-corrected chi connectivity index (χ2v) is 5.99. The first-order chi connectivity index (χ1) is 12.0. The number of anilines is 1. The van der Waals surface area contributed by atoms with Crippen LogP contribution >= 0.6 is 12.2 Å². The fourth-order valence-electron chi connectivity index (χ4n) is 2.30. The van der Waals surface area contributed by atoms with E-state index in [1.165, 1.54) is 5.56 Å². The Hall–Kier alpha value is -2.60. The average molecular weight is 357 g/mol. The largest absolute Gasteiger partial charge is 0.493 e. The summed E-state index contributed by atoms with van der Waals surface area (Å²) in [4.78, 5) is 0. The molecule has 25 heavy (non-hydrogen) atoms. The van der Waals surface area contributed by atoms with Crippen LogP contribution in [0.5, 0.6) is 11.5 Å². The third-order valence-corrected chi connectivity index (χ3v) is 4.17. The van der Waals surface area contributed by atoms with Crippen LogP contribution in [-0.4, -0.2) is 25.0 Å². The Morgan fingerprint density at radius 3 is 2.44 bits per heavy atom. The SMILES string of the molecule is COc1ccc(/C(C)=N/NC(=S)Nc2cccc(C)c2C)cc1OC. The van der Waals surface area contributed by atoms with Gasteiger partial charge in [-0.2, -0.15) is 5.10 Å². The monoisotopic (exact) mass is 357 g/mol. The normalized spacial score (nSPS) is 11.0. The molecule has 5 nitrogen and oxygen atoms in total. The number of methoxy groups -OCH3 is 2. The maximum atomic E-state index is 5.32. The van der Waals surface area contributed by atoms with Crippen molar-refractivity contribution in [2.45, 2.75) is 20.8 Å². The summed E-state index contributed by atoms with van der Waals surface area (Å²) in [5.74, 6) is 1.34. The maximum absolute atomic E-state index is 5.32. The van der Waals surface area contributed by atoms with Gasteiger partial charge < -0.3 is 14.8 Å². The number of aryl methyl sites for hydroxylation is 1. The molecule has 2 rings (SSSR count). The van der Waals surface area contributed by atoms with E-state index in [-0.39, 0.29) is 0 Å². The molecule has 0 spiro atoms. The summed E-state index contributed by atoms with van der Waals surface area (Å²) in [5, 5.41) is 7.95. The summed E-state index contributed by atoms with van der Waals surface area (Å²) in [5.41, 5.74) is 7.91. The van der Waals surface area contributed by atoms with Crippen molar-refractivity contribution < 1.29 is 9.47 Å². The summed E-state index contributed by atoms with van der Waals surface area (Å²) in [6, 6.07) is 11.7. The number of nitrogens with one attached hydrogen (secondary N) is 2. The van der Waals surface area contributed by atoms with E-state index in [2.05, 4.69) is 35.8 Å². The van der Waals surface area contributed by atoms with Gasteiger partial charge in [-0.3, -0.25) is 5.43 Å². The predicted molar refractivity (Wildman–Crippen MR) is 107 cm³/mol. The van der Waals surface area contributed by atoms with Crippen LogP contribution in [0.15, 0.2) is 41.5 Å². The van der Waals surface area contributed by atoms with Crippen LogP contribution < -0.4 is 20.2 Å². The first-order valence-corrected chi connectivity index (χ1v) is 8.27. The fourth-order valence-corrected chi connectivity index (χ4v) is 2.45. The highest BCUT2D eigenvalue weighted by Gasteiger charge is 2.07. The number of hydrogen-bond donors (Lipinski definition) is 2. The molecule has 0 saturated carbocycles. The number of ether oxygens (including phenoxy) is 2. The highest BCUT2D eigenvalue weighted by atomic mass is 32.1. The Kier molecular flexibility index (Phi) is 6.36. The standard InChI is InChI=1S/C19H23N3O2S/c1-12-7-6-8-16(13(12)2)20-19(25)22-21-14(3)15-9-10-17(23-4)18(11-15)24-5/h6-11H,1-5H3,(H2,20,22,25)/b21-14+. The van der Waals surface area contributed by atoms with E-state index in [1.807, 2.05) is 37.3 Å². The zero-order valence-electron chi connectivity index (χ0n) is 15.1. The van der Waals surface area contributed by atoms with Crippen molar-refractivity contribution in [2.75, 3.05) is 19.5 Å². The molecule has 132 valence electrons. The molecule has 0 aliphatic heterocycles. The molecule has 0 amide bonds. The third-order valence-electron chi connectivity index (χ3n) is 3.98. The highest BCUT2D eigenvalue weighted by molar-refractivity contribution is 7.80. The Balaban J connectivity index is 2.07. The number of hydrazone groups is 1. The molecule has 0 aromatic heterocycles. The van der Waals surface area contributed by atoms with E-state index >= 15 is 0 Å². The minimum Gasteiger partial charge on any atom is -0.493 e. The van der Waals surface area contributed by atoms with Crippen molar-refractivity contribution in [3.05, 3.63) is 53.1 Å². The highest BCUT2D eigenvalue weighted by Crippen LogP contribution is 2.27. The minimum atomic E-state index is 0.438. The van der Waals surface area contributed by atoms with E-state index in [9.17, 15) is 0 Å². The Bertz CT molecular complexity index is 803. The van der Waals surface area contributed by atoms with Gasteiger partial charge >= 0.3 is 0 Å². The number of nitrogens with zero attached hydrogens (tertiary/aromatic N) is 1. The van der Waals surface area contributed by atoms with Gasteiger partial charge in [0, 0.05) is 11.3 Å². The molecule has 0 unspecified atom stereocenters. The van der Waals surface area contributed by atoms with Crippen molar-refractivity contribution in [2.24, 2.45) is 5.10 Å². The molecule has 0 bridgehead atoms. The lowest BCUT2D eigenvalue weighted by molar-refractivity contribution is 0.355. The van der Waals surface area contributed by atoms with Gasteiger partial charge in [-0.1, -0.05) is 12.1 Å². The van der Waals surface area contributed by atoms with Crippen molar-refractivity contribution in [1.29, 1.82) is 0 Å². The zero-order chi connectivity index (χ0) is 18.4. The lowest BCUT2D eigenvalue weighted by Crippen LogP contribution is -2.25. The van der Waals surface area contributed by atoms with Crippen molar-refractivity contribution in [3.63, 3.8) is 0 Å². The predicted octanol–water partition coefficient (Wildman–Crippen LogP) is 4.03. The molecule has 0 saturated heterocycles. The lowest BCUT2D eigenvalue weighted by Gasteiger charge is -2.12. The van der Waals surface area contributed by atoms with E-state index in [0.29, 0.717) is 16.6 Å². The Labute approximate surface area is 154 Å². The average Bonchev–Trinajstić information content (AvgIpc) is 2.62. The van der Waals surface area contributed by atoms with Gasteiger partial charge in [0.25, 0.3) is 0 Å². The zero-order valence-corrected chi connectivity index (χ0v) is 16.0. The molecule has 0 heterocycles. The van der Waals surface area contributed by atoms with Gasteiger partial charge in [-0.25, -0.2) is 0 Å². The number of thiocarbonyl (C=S) groups is 1. The fraction of sp³-hybridized carbons (Fsp3) is 0.263. The quantitative estimate of drug-likeness (QED) is 0.481. The Morgan fingerprint density at radius 2 is 1.76 bits per heavy atom. The van der Waals surface area contributed by atoms with Gasteiger partial charge in [-0.05, 0) is 68.4 Å². The minimum absolute atomic E-state index is 0.438. The van der Waals surface area contributed by atoms with E-state index in [1.54, 1.807) is 14.2 Å². The van der Waals surface area contributed by atoms with Crippen molar-refractivity contribution in [3.8, 4) is 11.5 Å². The molecule has 0 atom stereocenters. The van der Waals surface area contributed by atoms with Crippen LogP contribution in [0.2, 0.25) is 0 Å². The molecule has 2 aromatic rings. The number of hydrogen-bond acceptors (Lipinski definition) is 4. The van der Waals surface area contributed by atoms with Gasteiger partial charge in [0.05, 0.1) is 19.9 Å². The van der Waals surface area contributed by atoms with Gasteiger partial charge in [0.1, 0.15) is 0 Å². The van der Waals surface area contributed by atoms with Crippen LogP contribution in [-0.2, 0) is 0 Å². The van der Waals surface area contributed by atoms with Crippen LogP contribution in [0.4, 0.5) is 5.69 Å². The molecule has 2 aromatic carbocycles. The molecule has 2 N–H and O–H groups in total. The second-order valence-electron chi connectivity index (χ2n) is 5.58. The third kappa shape index (κ3) is 4.70. The summed E-state index contributed by atoms with van der Waals surface area (Å²) in [6.07, 6.45) is 0. The molecular weight excluding hydrogens is 334 g/mol. The summed E-state index contributed by atoms with van der Waals surface area (Å²) in [7, 11) is 3.22. The molecule has 6 heteroatoms. The van der Waals surface area contributed by atoms with Crippen LogP contribution in [0, 0.1) is 13.8 Å². The van der Waals surface area contributed by atoms with E-state index in [0.717, 1.165) is 22.5 Å². The Morgan fingerprint density at radius 1 is 1.04 bits per heavy atom. The molecule has 0 fully saturated rings. The van der Waals surface area contributed by atoms with Crippen LogP contribution in [0.25, 0.3) is 0 Å². The summed E-state index contributed by atoms with van der Waals surface area (Å²) >= 11 is 5.32. The van der Waals surface area contributed by atoms with Gasteiger partial charge in [-0.15, -0.1) is 0 Å². The van der Waals surface area contributed by atoms with E-state index < -0.39 is 0 Å². The molecular formula is C19H23N3O2S. The molecule has 0 aliphatic carbocycles. The topological polar surface area (TPSA) is 54.9 Å².